The summed E-state index contributed by atoms with van der Waals surface area (Å²) in [4.78, 5) is 12.2. The van der Waals surface area contributed by atoms with Gasteiger partial charge in [-0.2, -0.15) is 5.26 Å². The van der Waals surface area contributed by atoms with E-state index in [1.165, 1.54) is 23.1 Å². The van der Waals surface area contributed by atoms with Crippen molar-refractivity contribution in [2.75, 3.05) is 11.1 Å². The van der Waals surface area contributed by atoms with E-state index in [2.05, 4.69) is 28.5 Å². The maximum absolute atomic E-state index is 12.2. The third-order valence-electron chi connectivity index (χ3n) is 2.61. The minimum Gasteiger partial charge on any atom is -0.324 e. The normalized spacial score (nSPS) is 11.7. The van der Waals surface area contributed by atoms with Crippen LogP contribution in [0.2, 0.25) is 0 Å². The van der Waals surface area contributed by atoms with E-state index in [-0.39, 0.29) is 11.2 Å². The van der Waals surface area contributed by atoms with Crippen molar-refractivity contribution < 1.29 is 4.79 Å². The van der Waals surface area contributed by atoms with Gasteiger partial charge in [-0.3, -0.25) is 4.79 Å². The second-order valence-corrected chi connectivity index (χ2v) is 8.25. The van der Waals surface area contributed by atoms with Crippen LogP contribution in [0.5, 0.6) is 0 Å². The van der Waals surface area contributed by atoms with E-state index in [1.807, 2.05) is 6.92 Å². The van der Waals surface area contributed by atoms with Crippen LogP contribution in [0.15, 0.2) is 32.9 Å². The second kappa shape index (κ2) is 8.17. The SMILES string of the molecule is CCSc1nnc(S[C@@H](C)C(=O)Nc2ccccc2C#N)s1. The molecule has 1 amide bonds. The monoisotopic (exact) mass is 350 g/mol. The maximum atomic E-state index is 12.2. The molecule has 8 heteroatoms. The molecule has 1 N–H and O–H groups in total. The van der Waals surface area contributed by atoms with Crippen molar-refractivity contribution in [1.82, 2.24) is 10.2 Å². The number of nitriles is 1. The van der Waals surface area contributed by atoms with Gasteiger partial charge in [-0.15, -0.1) is 10.2 Å². The molecule has 1 atom stereocenters. The molecule has 0 radical (unpaired) electrons. The molecule has 0 fully saturated rings. The van der Waals surface area contributed by atoms with E-state index >= 15 is 0 Å². The predicted octanol–water partition coefficient (Wildman–Crippen LogP) is 3.64. The van der Waals surface area contributed by atoms with Gasteiger partial charge in [0.05, 0.1) is 16.5 Å². The Labute approximate surface area is 141 Å². The van der Waals surface area contributed by atoms with Crippen LogP contribution in [0.3, 0.4) is 0 Å². The summed E-state index contributed by atoms with van der Waals surface area (Å²) in [5.41, 5.74) is 0.979. The summed E-state index contributed by atoms with van der Waals surface area (Å²) >= 11 is 4.49. The van der Waals surface area contributed by atoms with Crippen molar-refractivity contribution in [1.29, 1.82) is 5.26 Å². The summed E-state index contributed by atoms with van der Waals surface area (Å²) in [6.45, 7) is 3.87. The smallest absolute Gasteiger partial charge is 0.237 e. The maximum Gasteiger partial charge on any atom is 0.237 e. The first-order valence-corrected chi connectivity index (χ1v) is 9.25. The summed E-state index contributed by atoms with van der Waals surface area (Å²) < 4.78 is 1.68. The van der Waals surface area contributed by atoms with Crippen molar-refractivity contribution in [3.05, 3.63) is 29.8 Å². The molecule has 0 aliphatic carbocycles. The molecule has 2 rings (SSSR count). The molecule has 1 aromatic carbocycles. The molecule has 0 aliphatic heterocycles. The Morgan fingerprint density at radius 1 is 1.41 bits per heavy atom. The van der Waals surface area contributed by atoms with Gasteiger partial charge >= 0.3 is 0 Å². The van der Waals surface area contributed by atoms with Gasteiger partial charge in [-0.1, -0.05) is 53.9 Å². The van der Waals surface area contributed by atoms with Crippen LogP contribution < -0.4 is 5.32 Å². The van der Waals surface area contributed by atoms with Gasteiger partial charge in [0.25, 0.3) is 0 Å². The van der Waals surface area contributed by atoms with Crippen molar-refractivity contribution in [3.63, 3.8) is 0 Å². The van der Waals surface area contributed by atoms with Crippen molar-refractivity contribution in [2.24, 2.45) is 0 Å². The number of aromatic nitrogens is 2. The van der Waals surface area contributed by atoms with Gasteiger partial charge in [-0.25, -0.2) is 0 Å². The summed E-state index contributed by atoms with van der Waals surface area (Å²) in [7, 11) is 0. The van der Waals surface area contributed by atoms with Gasteiger partial charge in [-0.05, 0) is 24.8 Å². The average molecular weight is 350 g/mol. The lowest BCUT2D eigenvalue weighted by Gasteiger charge is -2.11. The van der Waals surface area contributed by atoms with E-state index in [1.54, 1.807) is 36.0 Å². The van der Waals surface area contributed by atoms with Crippen LogP contribution in [-0.4, -0.2) is 27.1 Å². The molecule has 0 spiro atoms. The number of anilines is 1. The van der Waals surface area contributed by atoms with Gasteiger partial charge in [0.1, 0.15) is 6.07 Å². The summed E-state index contributed by atoms with van der Waals surface area (Å²) in [6.07, 6.45) is 0. The van der Waals surface area contributed by atoms with E-state index in [4.69, 9.17) is 5.26 Å². The molecule has 0 saturated carbocycles. The Hall–Kier alpha value is -1.56. The fourth-order valence-corrected chi connectivity index (χ4v) is 4.62. The molecule has 22 heavy (non-hydrogen) atoms. The van der Waals surface area contributed by atoms with Crippen LogP contribution in [0.1, 0.15) is 19.4 Å². The fraction of sp³-hybridized carbons (Fsp3) is 0.286. The Morgan fingerprint density at radius 3 is 2.86 bits per heavy atom. The number of nitrogens with zero attached hydrogens (tertiary/aromatic N) is 3. The van der Waals surface area contributed by atoms with Crippen LogP contribution in [0.25, 0.3) is 0 Å². The van der Waals surface area contributed by atoms with Crippen molar-refractivity contribution in [3.8, 4) is 6.07 Å². The van der Waals surface area contributed by atoms with Gasteiger partial charge in [0.2, 0.25) is 5.91 Å². The largest absolute Gasteiger partial charge is 0.324 e. The number of rotatable bonds is 6. The quantitative estimate of drug-likeness (QED) is 0.801. The zero-order valence-electron chi connectivity index (χ0n) is 12.1. The number of carbonyl (C=O) groups is 1. The Kier molecular flexibility index (Phi) is 6.24. The predicted molar refractivity (Wildman–Crippen MR) is 91.4 cm³/mol. The molecule has 0 aliphatic rings. The zero-order valence-corrected chi connectivity index (χ0v) is 14.5. The minimum atomic E-state index is -0.320. The van der Waals surface area contributed by atoms with Gasteiger partial charge in [0, 0.05) is 0 Å². The number of hydrogen-bond acceptors (Lipinski definition) is 7. The Bertz CT molecular complexity index is 695. The minimum absolute atomic E-state index is 0.160. The molecule has 1 aromatic heterocycles. The first-order chi connectivity index (χ1) is 10.6. The number of para-hydroxylation sites is 1. The van der Waals surface area contributed by atoms with Crippen molar-refractivity contribution >= 4 is 46.5 Å². The summed E-state index contributed by atoms with van der Waals surface area (Å²) in [5, 5.41) is 19.6. The van der Waals surface area contributed by atoms with Crippen LogP contribution >= 0.6 is 34.9 Å². The number of thioether (sulfide) groups is 2. The third-order valence-corrected chi connectivity index (χ3v) is 5.73. The first kappa shape index (κ1) is 16.8. The number of nitrogens with one attached hydrogen (secondary N) is 1. The summed E-state index contributed by atoms with van der Waals surface area (Å²) in [6, 6.07) is 9.00. The Morgan fingerprint density at radius 2 is 2.14 bits per heavy atom. The Balaban J connectivity index is 1.98. The highest BCUT2D eigenvalue weighted by Gasteiger charge is 2.18. The average Bonchev–Trinajstić information content (AvgIpc) is 2.95. The lowest BCUT2D eigenvalue weighted by molar-refractivity contribution is -0.115. The third kappa shape index (κ3) is 4.47. The number of hydrogen-bond donors (Lipinski definition) is 1. The molecule has 5 nitrogen and oxygen atoms in total. The highest BCUT2D eigenvalue weighted by atomic mass is 32.2. The molecule has 114 valence electrons. The lowest BCUT2D eigenvalue weighted by Crippen LogP contribution is -2.22. The number of amides is 1. The number of benzene rings is 1. The van der Waals surface area contributed by atoms with E-state index in [0.29, 0.717) is 11.3 Å². The highest BCUT2D eigenvalue weighted by molar-refractivity contribution is 8.03. The lowest BCUT2D eigenvalue weighted by atomic mass is 10.2. The molecule has 0 bridgehead atoms. The zero-order chi connectivity index (χ0) is 15.9. The van der Waals surface area contributed by atoms with E-state index in [9.17, 15) is 4.79 Å². The molecule has 0 saturated heterocycles. The number of carbonyl (C=O) groups excluding carboxylic acids is 1. The van der Waals surface area contributed by atoms with Crippen LogP contribution in [0, 0.1) is 11.3 Å². The second-order valence-electron chi connectivity index (χ2n) is 4.17. The van der Waals surface area contributed by atoms with Crippen molar-refractivity contribution in [2.45, 2.75) is 27.8 Å². The van der Waals surface area contributed by atoms with E-state index < -0.39 is 0 Å². The van der Waals surface area contributed by atoms with Gasteiger partial charge in [0.15, 0.2) is 8.68 Å². The first-order valence-electron chi connectivity index (χ1n) is 6.57. The topological polar surface area (TPSA) is 78.7 Å². The summed E-state index contributed by atoms with van der Waals surface area (Å²) in [5.74, 6) is 0.785. The molecule has 0 unspecified atom stereocenters. The van der Waals surface area contributed by atoms with Crippen LogP contribution in [-0.2, 0) is 4.79 Å². The standard InChI is InChI=1S/C14H14N4OS3/c1-3-20-13-17-18-14(22-13)21-9(2)12(19)16-11-7-5-4-6-10(11)8-15/h4-7,9H,3H2,1-2H3,(H,16,19)/t9-/m0/s1. The highest BCUT2D eigenvalue weighted by Crippen LogP contribution is 2.31. The molecular weight excluding hydrogens is 336 g/mol. The van der Waals surface area contributed by atoms with Gasteiger partial charge < -0.3 is 5.32 Å². The molecule has 1 heterocycles. The molecule has 2 aromatic rings. The fourth-order valence-electron chi connectivity index (χ4n) is 1.56. The molecular formula is C14H14N4OS3. The van der Waals surface area contributed by atoms with E-state index in [0.717, 1.165) is 14.4 Å². The van der Waals surface area contributed by atoms with Crippen LogP contribution in [0.4, 0.5) is 5.69 Å².